The molecule has 11 atom stereocenters. The molecular weight excluding hydrogens is 717 g/mol. The van der Waals surface area contributed by atoms with Gasteiger partial charge in [-0.25, -0.2) is 0 Å². The quantitative estimate of drug-likeness (QED) is 0.0638. The molecule has 1 saturated heterocycles. The minimum Gasteiger partial charge on any atom is -0.462 e. The zero-order chi connectivity index (χ0) is 41.4. The van der Waals surface area contributed by atoms with Gasteiger partial charge >= 0.3 is 5.97 Å². The number of nitrogens with zero attached hydrogens (tertiary/aromatic N) is 1. The van der Waals surface area contributed by atoms with Gasteiger partial charge in [0.25, 0.3) is 0 Å². The topological polar surface area (TPSA) is 78.9 Å². The first kappa shape index (κ1) is 47.9. The Morgan fingerprint density at radius 1 is 0.724 bits per heavy atom. The molecule has 1 aliphatic heterocycles. The fraction of sp³-hybridized carbons (Fsp3) is 0.962. The number of hydrogen-bond acceptors (Lipinski definition) is 5. The number of hydrogen-bond donors (Lipinski definition) is 2. The van der Waals surface area contributed by atoms with E-state index in [2.05, 4.69) is 44.8 Å². The largest absolute Gasteiger partial charge is 0.462 e. The summed E-state index contributed by atoms with van der Waals surface area (Å²) in [5.41, 5.74) is 0.452. The highest BCUT2D eigenvalue weighted by Crippen LogP contribution is 2.69. The summed E-state index contributed by atoms with van der Waals surface area (Å²) < 4.78 is 6.23. The highest BCUT2D eigenvalue weighted by atomic mass is 16.5. The van der Waals surface area contributed by atoms with E-state index < -0.39 is 0 Å². The zero-order valence-electron chi connectivity index (χ0n) is 38.9. The molecule has 0 bridgehead atoms. The van der Waals surface area contributed by atoms with Crippen LogP contribution < -0.4 is 5.32 Å². The summed E-state index contributed by atoms with van der Waals surface area (Å²) in [6.45, 7) is 16.6. The van der Waals surface area contributed by atoms with Crippen molar-refractivity contribution >= 4 is 11.9 Å². The van der Waals surface area contributed by atoms with Crippen molar-refractivity contribution in [3.8, 4) is 0 Å². The molecule has 4 aliphatic carbocycles. The monoisotopic (exact) mass is 811 g/mol. The van der Waals surface area contributed by atoms with Gasteiger partial charge in [0.15, 0.2) is 0 Å². The number of fused-ring (bicyclic) bond motifs is 5. The minimum absolute atomic E-state index is 0.00975. The Balaban J connectivity index is 0.996. The molecular formula is C52H94N2O4. The van der Waals surface area contributed by atoms with E-state index in [1.165, 1.54) is 148 Å². The lowest BCUT2D eigenvalue weighted by atomic mass is 9.41. The maximum Gasteiger partial charge on any atom is 0.306 e. The average molecular weight is 811 g/mol. The van der Waals surface area contributed by atoms with Gasteiger partial charge in [-0.15, -0.1) is 0 Å². The number of likely N-dealkylation sites (tertiary alicyclic amines) is 1. The summed E-state index contributed by atoms with van der Waals surface area (Å²) in [6.07, 6.45) is 35.8. The number of carbonyl (C=O) groups excluding carboxylic acids is 2. The van der Waals surface area contributed by atoms with Crippen molar-refractivity contribution in [2.45, 2.75) is 239 Å². The van der Waals surface area contributed by atoms with Crippen LogP contribution in [0.2, 0.25) is 0 Å². The van der Waals surface area contributed by atoms with Gasteiger partial charge < -0.3 is 20.1 Å². The fourth-order valence-electron chi connectivity index (χ4n) is 14.3. The van der Waals surface area contributed by atoms with Gasteiger partial charge in [-0.1, -0.05) is 131 Å². The van der Waals surface area contributed by atoms with Gasteiger partial charge in [0.2, 0.25) is 5.91 Å². The summed E-state index contributed by atoms with van der Waals surface area (Å²) in [5, 5.41) is 15.6. The van der Waals surface area contributed by atoms with Crippen LogP contribution in [0, 0.1) is 52.3 Å². The van der Waals surface area contributed by atoms with Crippen LogP contribution in [-0.4, -0.2) is 60.3 Å². The maximum absolute atomic E-state index is 13.1. The van der Waals surface area contributed by atoms with E-state index in [1.54, 1.807) is 0 Å². The van der Waals surface area contributed by atoms with Crippen molar-refractivity contribution in [3.63, 3.8) is 0 Å². The first-order valence-corrected chi connectivity index (χ1v) is 26.0. The van der Waals surface area contributed by atoms with E-state index in [0.717, 1.165) is 57.9 Å². The lowest BCUT2D eigenvalue weighted by Gasteiger charge is -2.65. The van der Waals surface area contributed by atoms with Gasteiger partial charge in [-0.2, -0.15) is 0 Å². The van der Waals surface area contributed by atoms with Crippen LogP contribution in [0.15, 0.2) is 0 Å². The Morgan fingerprint density at radius 2 is 1.33 bits per heavy atom. The molecule has 1 amide bonds. The summed E-state index contributed by atoms with van der Waals surface area (Å²) >= 11 is 0. The highest BCUT2D eigenvalue weighted by Gasteiger charge is 2.65. The number of amides is 1. The molecule has 2 N–H and O–H groups in total. The van der Waals surface area contributed by atoms with Crippen molar-refractivity contribution in [1.82, 2.24) is 10.2 Å². The molecule has 5 aliphatic rings. The predicted octanol–water partition coefficient (Wildman–Crippen LogP) is 12.8. The molecule has 0 aromatic heterocycles. The van der Waals surface area contributed by atoms with Gasteiger partial charge in [0.05, 0.1) is 6.10 Å². The van der Waals surface area contributed by atoms with E-state index >= 15 is 0 Å². The number of ether oxygens (including phenoxy) is 1. The summed E-state index contributed by atoms with van der Waals surface area (Å²) in [7, 11) is 0. The normalized spacial score (nSPS) is 34.0. The van der Waals surface area contributed by atoms with Crippen LogP contribution in [0.4, 0.5) is 0 Å². The number of unbranched alkanes of at least 4 members (excludes halogenated alkanes) is 15. The molecule has 5 fully saturated rings. The second-order valence-corrected chi connectivity index (χ2v) is 21.4. The molecule has 6 heteroatoms. The molecule has 336 valence electrons. The van der Waals surface area contributed by atoms with Crippen LogP contribution >= 0.6 is 0 Å². The molecule has 6 nitrogen and oxygen atoms in total. The number of rotatable bonds is 27. The molecule has 4 saturated carbocycles. The Hall–Kier alpha value is -1.14. The molecule has 0 spiro atoms. The lowest BCUT2D eigenvalue weighted by molar-refractivity contribution is -0.207. The Morgan fingerprint density at radius 3 is 1.97 bits per heavy atom. The molecule has 0 radical (unpaired) electrons. The van der Waals surface area contributed by atoms with Crippen molar-refractivity contribution in [3.05, 3.63) is 0 Å². The van der Waals surface area contributed by atoms with Gasteiger partial charge in [0, 0.05) is 19.4 Å². The standard InChI is InChI=1S/C52H94N2O4/c1-6-8-9-10-11-12-13-14-15-16-17-18-19-20-21-26-48(56)58-41-31-33-52(5)45-32-34-51(4)43(28-29-44(51)49(45)50(57)42(7-2)46(52)39-41)40(3)27-30-47(55)53-35-22-23-36-54-37-24-25-38-54/h40-46,49-50,57H,6-39H2,1-5H3,(H,53,55)/t40-,41-,42-,43-,44+,45+,46+,49+,50-,51-,52-/m1/s1. The van der Waals surface area contributed by atoms with E-state index in [-0.39, 0.29) is 40.8 Å². The third-order valence-corrected chi connectivity index (χ3v) is 17.7. The van der Waals surface area contributed by atoms with Crippen LogP contribution in [0.1, 0.15) is 227 Å². The van der Waals surface area contributed by atoms with Crippen molar-refractivity contribution in [1.29, 1.82) is 0 Å². The van der Waals surface area contributed by atoms with Crippen LogP contribution in [0.25, 0.3) is 0 Å². The van der Waals surface area contributed by atoms with Crippen LogP contribution in [0.3, 0.4) is 0 Å². The maximum atomic E-state index is 13.1. The summed E-state index contributed by atoms with van der Waals surface area (Å²) in [4.78, 5) is 28.5. The van der Waals surface area contributed by atoms with Crippen molar-refractivity contribution in [2.75, 3.05) is 26.2 Å². The van der Waals surface area contributed by atoms with Crippen molar-refractivity contribution in [2.24, 2.45) is 52.3 Å². The predicted molar refractivity (Wildman–Crippen MR) is 242 cm³/mol. The second-order valence-electron chi connectivity index (χ2n) is 21.4. The Labute approximate surface area is 358 Å². The molecule has 5 rings (SSSR count). The van der Waals surface area contributed by atoms with E-state index in [0.29, 0.717) is 48.3 Å². The number of esters is 1. The number of carbonyl (C=O) groups is 2. The molecule has 0 aromatic carbocycles. The summed E-state index contributed by atoms with van der Waals surface area (Å²) in [6, 6.07) is 0. The van der Waals surface area contributed by atoms with E-state index in [1.807, 2.05) is 0 Å². The molecule has 0 aromatic rings. The first-order valence-electron chi connectivity index (χ1n) is 26.0. The average Bonchev–Trinajstić information content (AvgIpc) is 3.86. The van der Waals surface area contributed by atoms with E-state index in [4.69, 9.17) is 4.74 Å². The smallest absolute Gasteiger partial charge is 0.306 e. The Kier molecular flexibility index (Phi) is 20.2. The van der Waals surface area contributed by atoms with Crippen LogP contribution in [-0.2, 0) is 14.3 Å². The minimum atomic E-state index is -0.266. The van der Waals surface area contributed by atoms with Crippen molar-refractivity contribution < 1.29 is 19.4 Å². The Bertz CT molecular complexity index is 1190. The molecule has 0 unspecified atom stereocenters. The SMILES string of the molecule is CCCCCCCCCCCCCCCCCC(=O)O[C@@H]1CC[C@@]2(C)[C@@H](C1)[C@@H](CC)[C@@H](O)[C@@H]1[C@@H]2CC[C@]2(C)[C@@H]([C@H](C)CCC(=O)NCCCCN3CCCC3)CC[C@@H]12. The van der Waals surface area contributed by atoms with Gasteiger partial charge in [-0.3, -0.25) is 9.59 Å². The lowest BCUT2D eigenvalue weighted by Crippen LogP contribution is -2.62. The molecule has 1 heterocycles. The highest BCUT2D eigenvalue weighted by molar-refractivity contribution is 5.75. The molecule has 58 heavy (non-hydrogen) atoms. The van der Waals surface area contributed by atoms with Gasteiger partial charge in [-0.05, 0) is 155 Å². The zero-order valence-corrected chi connectivity index (χ0v) is 38.9. The number of aliphatic hydroxyl groups is 1. The summed E-state index contributed by atoms with van der Waals surface area (Å²) in [5.74, 6) is 3.58. The second kappa shape index (κ2) is 24.5. The third-order valence-electron chi connectivity index (χ3n) is 17.7. The van der Waals surface area contributed by atoms with Gasteiger partial charge in [0.1, 0.15) is 6.10 Å². The number of aliphatic hydroxyl groups excluding tert-OH is 1. The fourth-order valence-corrected chi connectivity index (χ4v) is 14.3. The first-order chi connectivity index (χ1) is 28.1. The van der Waals surface area contributed by atoms with Crippen LogP contribution in [0.5, 0.6) is 0 Å². The van der Waals surface area contributed by atoms with E-state index in [9.17, 15) is 14.7 Å². The number of nitrogens with one attached hydrogen (secondary N) is 1. The third kappa shape index (κ3) is 12.9.